The Morgan fingerprint density at radius 3 is 2.24 bits per heavy atom. The van der Waals surface area contributed by atoms with Crippen molar-refractivity contribution in [2.75, 3.05) is 20.5 Å². The standard InChI is InChI=1S/C26H32F4O4/c1-4-6-15-7-9-16(10-8-15)17-11-12-18(22(28)21(17)27)25(31)19-13-20(33-5-2)23(29)24(30)26(19)34-14-32-3/h11-13,15-16,25,31H,4-10,14H2,1-3H3. The van der Waals surface area contributed by atoms with Gasteiger partial charge in [-0.05, 0) is 56.1 Å². The van der Waals surface area contributed by atoms with Gasteiger partial charge in [0.2, 0.25) is 11.6 Å². The summed E-state index contributed by atoms with van der Waals surface area (Å²) in [5.74, 6) is -5.59. The van der Waals surface area contributed by atoms with Crippen LogP contribution >= 0.6 is 0 Å². The van der Waals surface area contributed by atoms with Crippen LogP contribution in [0.5, 0.6) is 11.5 Å². The van der Waals surface area contributed by atoms with Crippen LogP contribution < -0.4 is 9.47 Å². The van der Waals surface area contributed by atoms with Crippen LogP contribution in [0.1, 0.15) is 81.1 Å². The Morgan fingerprint density at radius 2 is 1.62 bits per heavy atom. The van der Waals surface area contributed by atoms with Crippen molar-refractivity contribution in [2.24, 2.45) is 5.92 Å². The molecular weight excluding hydrogens is 452 g/mol. The lowest BCUT2D eigenvalue weighted by Gasteiger charge is -2.29. The van der Waals surface area contributed by atoms with Crippen LogP contribution in [0, 0.1) is 29.2 Å². The second-order valence-electron chi connectivity index (χ2n) is 8.69. The predicted molar refractivity (Wildman–Crippen MR) is 120 cm³/mol. The van der Waals surface area contributed by atoms with E-state index in [-0.39, 0.29) is 23.7 Å². The third kappa shape index (κ3) is 5.49. The molecule has 0 spiro atoms. The lowest BCUT2D eigenvalue weighted by molar-refractivity contribution is 0.0449. The van der Waals surface area contributed by atoms with E-state index >= 15 is 8.78 Å². The number of aliphatic hydroxyl groups is 1. The fourth-order valence-corrected chi connectivity index (χ4v) is 4.78. The molecule has 0 aliphatic heterocycles. The van der Waals surface area contributed by atoms with Crippen molar-refractivity contribution in [1.29, 1.82) is 0 Å². The summed E-state index contributed by atoms with van der Waals surface area (Å²) in [5.41, 5.74) is -0.429. The number of benzene rings is 2. The van der Waals surface area contributed by atoms with Gasteiger partial charge in [-0.2, -0.15) is 8.78 Å². The Kier molecular flexibility index (Phi) is 9.19. The second-order valence-corrected chi connectivity index (χ2v) is 8.69. The Bertz CT molecular complexity index is 974. The number of halogens is 4. The first-order valence-corrected chi connectivity index (χ1v) is 11.8. The maximum absolute atomic E-state index is 15.2. The first-order chi connectivity index (χ1) is 16.3. The Balaban J connectivity index is 1.95. The van der Waals surface area contributed by atoms with Gasteiger partial charge in [0.25, 0.3) is 0 Å². The number of ether oxygens (including phenoxy) is 3. The maximum Gasteiger partial charge on any atom is 0.205 e. The molecule has 34 heavy (non-hydrogen) atoms. The molecule has 1 N–H and O–H groups in total. The van der Waals surface area contributed by atoms with E-state index in [4.69, 9.17) is 14.2 Å². The number of aliphatic hydroxyl groups excluding tert-OH is 1. The van der Waals surface area contributed by atoms with Crippen molar-refractivity contribution in [1.82, 2.24) is 0 Å². The minimum atomic E-state index is -1.83. The quantitative estimate of drug-likeness (QED) is 0.298. The Morgan fingerprint density at radius 1 is 0.912 bits per heavy atom. The van der Waals surface area contributed by atoms with Crippen LogP contribution in [0.2, 0.25) is 0 Å². The van der Waals surface area contributed by atoms with Crippen LogP contribution in [0.15, 0.2) is 18.2 Å². The minimum Gasteiger partial charge on any atom is -0.491 e. The molecule has 1 saturated carbocycles. The van der Waals surface area contributed by atoms with Gasteiger partial charge in [0.15, 0.2) is 29.9 Å². The molecular formula is C26H32F4O4. The van der Waals surface area contributed by atoms with E-state index in [1.54, 1.807) is 6.92 Å². The summed E-state index contributed by atoms with van der Waals surface area (Å²) in [6, 6.07) is 3.79. The average Bonchev–Trinajstić information content (AvgIpc) is 2.83. The van der Waals surface area contributed by atoms with E-state index in [1.807, 2.05) is 0 Å². The van der Waals surface area contributed by atoms with Gasteiger partial charge in [-0.25, -0.2) is 8.78 Å². The van der Waals surface area contributed by atoms with Gasteiger partial charge in [-0.15, -0.1) is 0 Å². The molecule has 1 aliphatic carbocycles. The zero-order valence-corrected chi connectivity index (χ0v) is 19.8. The molecule has 1 atom stereocenters. The summed E-state index contributed by atoms with van der Waals surface area (Å²) in [5, 5.41) is 10.9. The highest BCUT2D eigenvalue weighted by Gasteiger charge is 2.31. The summed E-state index contributed by atoms with van der Waals surface area (Å²) < 4.78 is 74.3. The first kappa shape index (κ1) is 26.3. The van der Waals surface area contributed by atoms with Crippen molar-refractivity contribution in [2.45, 2.75) is 64.4 Å². The van der Waals surface area contributed by atoms with Crippen LogP contribution in [-0.2, 0) is 4.74 Å². The van der Waals surface area contributed by atoms with Gasteiger partial charge in [0.05, 0.1) is 6.61 Å². The van der Waals surface area contributed by atoms with Gasteiger partial charge in [-0.3, -0.25) is 0 Å². The molecule has 2 aromatic rings. The van der Waals surface area contributed by atoms with Crippen LogP contribution in [0.25, 0.3) is 0 Å². The molecule has 0 saturated heterocycles. The van der Waals surface area contributed by atoms with E-state index in [2.05, 4.69) is 6.92 Å². The van der Waals surface area contributed by atoms with Crippen LogP contribution in [0.3, 0.4) is 0 Å². The molecule has 0 aromatic heterocycles. The van der Waals surface area contributed by atoms with Crippen molar-refractivity contribution in [3.8, 4) is 11.5 Å². The van der Waals surface area contributed by atoms with Gasteiger partial charge in [0, 0.05) is 18.2 Å². The predicted octanol–water partition coefficient (Wildman–Crippen LogP) is 6.78. The third-order valence-electron chi connectivity index (χ3n) is 6.49. The highest BCUT2D eigenvalue weighted by atomic mass is 19.2. The van der Waals surface area contributed by atoms with Gasteiger partial charge >= 0.3 is 0 Å². The summed E-state index contributed by atoms with van der Waals surface area (Å²) in [6.07, 6.45) is 3.91. The average molecular weight is 485 g/mol. The first-order valence-electron chi connectivity index (χ1n) is 11.8. The van der Waals surface area contributed by atoms with Crippen molar-refractivity contribution in [3.05, 3.63) is 58.2 Å². The minimum absolute atomic E-state index is 0.0301. The molecule has 4 nitrogen and oxygen atoms in total. The molecule has 188 valence electrons. The van der Waals surface area contributed by atoms with Gasteiger partial charge in [-0.1, -0.05) is 31.9 Å². The molecule has 3 rings (SSSR count). The normalized spacial score (nSPS) is 19.2. The number of methoxy groups -OCH3 is 1. The number of hydrogen-bond acceptors (Lipinski definition) is 4. The maximum atomic E-state index is 15.2. The summed E-state index contributed by atoms with van der Waals surface area (Å²) >= 11 is 0. The van der Waals surface area contributed by atoms with Crippen molar-refractivity contribution in [3.63, 3.8) is 0 Å². The van der Waals surface area contributed by atoms with Crippen LogP contribution in [0.4, 0.5) is 17.6 Å². The number of rotatable bonds is 10. The van der Waals surface area contributed by atoms with Crippen molar-refractivity contribution < 1.29 is 36.9 Å². The summed E-state index contributed by atoms with van der Waals surface area (Å²) in [4.78, 5) is 0. The fourth-order valence-electron chi connectivity index (χ4n) is 4.78. The Labute approximate surface area is 197 Å². The number of hydrogen-bond donors (Lipinski definition) is 1. The van der Waals surface area contributed by atoms with E-state index in [0.717, 1.165) is 44.6 Å². The molecule has 0 heterocycles. The summed E-state index contributed by atoms with van der Waals surface area (Å²) in [6.45, 7) is 3.30. The molecule has 0 radical (unpaired) electrons. The molecule has 1 aliphatic rings. The molecule has 2 aromatic carbocycles. The topological polar surface area (TPSA) is 47.9 Å². The van der Waals surface area contributed by atoms with E-state index < -0.39 is 53.2 Å². The lowest BCUT2D eigenvalue weighted by atomic mass is 9.77. The van der Waals surface area contributed by atoms with Crippen molar-refractivity contribution >= 4 is 0 Å². The fraction of sp³-hybridized carbons (Fsp3) is 0.538. The smallest absolute Gasteiger partial charge is 0.205 e. The Hall–Kier alpha value is -2.32. The highest BCUT2D eigenvalue weighted by Crippen LogP contribution is 2.42. The zero-order valence-electron chi connectivity index (χ0n) is 19.8. The van der Waals surface area contributed by atoms with E-state index in [1.165, 1.54) is 19.2 Å². The third-order valence-corrected chi connectivity index (χ3v) is 6.49. The van der Waals surface area contributed by atoms with Gasteiger partial charge < -0.3 is 19.3 Å². The van der Waals surface area contributed by atoms with Crippen LogP contribution in [-0.4, -0.2) is 25.6 Å². The molecule has 1 unspecified atom stereocenters. The molecule has 0 amide bonds. The molecule has 8 heteroatoms. The second kappa shape index (κ2) is 11.9. The van der Waals surface area contributed by atoms with E-state index in [0.29, 0.717) is 5.92 Å². The molecule has 0 bridgehead atoms. The SMILES string of the molecule is CCCC1CCC(c2ccc(C(O)c3cc(OCC)c(F)c(F)c3OCOC)c(F)c2F)CC1. The van der Waals surface area contributed by atoms with Gasteiger partial charge in [0.1, 0.15) is 6.10 Å². The molecule has 1 fully saturated rings. The highest BCUT2D eigenvalue weighted by molar-refractivity contribution is 5.48. The summed E-state index contributed by atoms with van der Waals surface area (Å²) in [7, 11) is 1.28. The monoisotopic (exact) mass is 484 g/mol. The van der Waals surface area contributed by atoms with E-state index in [9.17, 15) is 13.9 Å². The lowest BCUT2D eigenvalue weighted by Crippen LogP contribution is -2.16. The largest absolute Gasteiger partial charge is 0.491 e. The zero-order chi connectivity index (χ0) is 24.8.